The minimum Gasteiger partial charge on any atom is -0.367 e. The first-order chi connectivity index (χ1) is 7.18. The van der Waals surface area contributed by atoms with Gasteiger partial charge in [-0.15, -0.1) is 0 Å². The second-order valence-corrected chi connectivity index (χ2v) is 5.03. The molecule has 1 aliphatic carbocycles. The van der Waals surface area contributed by atoms with Crippen molar-refractivity contribution in [2.75, 3.05) is 5.32 Å². The summed E-state index contributed by atoms with van der Waals surface area (Å²) in [5, 5.41) is 3.52. The van der Waals surface area contributed by atoms with Crippen LogP contribution in [0.1, 0.15) is 39.5 Å². The minimum absolute atomic E-state index is 0.378. The van der Waals surface area contributed by atoms with Crippen molar-refractivity contribution < 1.29 is 0 Å². The molecule has 1 aromatic heterocycles. The van der Waals surface area contributed by atoms with Crippen LogP contribution in [0.5, 0.6) is 0 Å². The maximum absolute atomic E-state index is 4.22. The molecule has 1 N–H and O–H groups in total. The summed E-state index contributed by atoms with van der Waals surface area (Å²) < 4.78 is 0. The molecule has 1 atom stereocenters. The summed E-state index contributed by atoms with van der Waals surface area (Å²) in [4.78, 5) is 8.14. The van der Waals surface area contributed by atoms with E-state index in [1.807, 2.05) is 6.07 Å². The molecule has 1 unspecified atom stereocenters. The average Bonchev–Trinajstić information content (AvgIpc) is 2.23. The molecule has 1 aliphatic rings. The van der Waals surface area contributed by atoms with Crippen molar-refractivity contribution in [3.63, 3.8) is 0 Å². The van der Waals surface area contributed by atoms with Gasteiger partial charge in [-0.1, -0.05) is 26.7 Å². The summed E-state index contributed by atoms with van der Waals surface area (Å²) in [7, 11) is 0. The van der Waals surface area contributed by atoms with E-state index in [1.165, 1.54) is 25.7 Å². The summed E-state index contributed by atoms with van der Waals surface area (Å²) in [5.74, 6) is 0.949. The van der Waals surface area contributed by atoms with E-state index in [2.05, 4.69) is 29.1 Å². The van der Waals surface area contributed by atoms with Crippen LogP contribution in [-0.2, 0) is 0 Å². The van der Waals surface area contributed by atoms with Gasteiger partial charge in [0.15, 0.2) is 0 Å². The van der Waals surface area contributed by atoms with Gasteiger partial charge in [0.2, 0.25) is 0 Å². The number of nitrogens with one attached hydrogen (secondary N) is 1. The van der Waals surface area contributed by atoms with E-state index in [1.54, 1.807) is 12.5 Å². The quantitative estimate of drug-likeness (QED) is 0.806. The highest BCUT2D eigenvalue weighted by Gasteiger charge is 2.32. The fraction of sp³-hybridized carbons (Fsp3) is 0.667. The van der Waals surface area contributed by atoms with Gasteiger partial charge in [0.05, 0.1) is 0 Å². The highest BCUT2D eigenvalue weighted by molar-refractivity contribution is 5.33. The summed E-state index contributed by atoms with van der Waals surface area (Å²) in [6, 6.07) is 2.48. The molecule has 15 heavy (non-hydrogen) atoms. The van der Waals surface area contributed by atoms with Crippen LogP contribution in [0.4, 0.5) is 5.82 Å². The molecule has 0 amide bonds. The standard InChI is InChI=1S/C12H19N3/c1-12(2)7-4-3-5-10(12)15-11-6-8-13-9-14-11/h6,8-10H,3-5,7H2,1-2H3,(H,13,14,15). The lowest BCUT2D eigenvalue weighted by atomic mass is 9.73. The average molecular weight is 205 g/mol. The molecule has 1 aromatic rings. The van der Waals surface area contributed by atoms with E-state index in [0.29, 0.717) is 11.5 Å². The van der Waals surface area contributed by atoms with Gasteiger partial charge < -0.3 is 5.32 Å². The van der Waals surface area contributed by atoms with Crippen molar-refractivity contribution in [2.45, 2.75) is 45.6 Å². The second kappa shape index (κ2) is 4.17. The molecular formula is C12H19N3. The smallest absolute Gasteiger partial charge is 0.129 e. The molecular weight excluding hydrogens is 186 g/mol. The minimum atomic E-state index is 0.378. The molecule has 3 heteroatoms. The van der Waals surface area contributed by atoms with E-state index in [9.17, 15) is 0 Å². The van der Waals surface area contributed by atoms with E-state index in [0.717, 1.165) is 5.82 Å². The van der Waals surface area contributed by atoms with Gasteiger partial charge in [0.25, 0.3) is 0 Å². The molecule has 0 radical (unpaired) electrons. The monoisotopic (exact) mass is 205 g/mol. The number of nitrogens with zero attached hydrogens (tertiary/aromatic N) is 2. The zero-order chi connectivity index (χ0) is 10.7. The van der Waals surface area contributed by atoms with Crippen molar-refractivity contribution in [3.05, 3.63) is 18.6 Å². The molecule has 2 rings (SSSR count). The summed E-state index contributed by atoms with van der Waals surface area (Å²) in [6.45, 7) is 4.68. The van der Waals surface area contributed by atoms with Crippen molar-refractivity contribution in [2.24, 2.45) is 5.41 Å². The third kappa shape index (κ3) is 2.46. The van der Waals surface area contributed by atoms with Gasteiger partial charge in [-0.25, -0.2) is 9.97 Å². The molecule has 0 bridgehead atoms. The third-order valence-corrected chi connectivity index (χ3v) is 3.41. The second-order valence-electron chi connectivity index (χ2n) is 5.03. The van der Waals surface area contributed by atoms with Gasteiger partial charge in [0, 0.05) is 12.2 Å². The van der Waals surface area contributed by atoms with E-state index in [4.69, 9.17) is 0 Å². The van der Waals surface area contributed by atoms with Gasteiger partial charge >= 0.3 is 0 Å². The lowest BCUT2D eigenvalue weighted by molar-refractivity contribution is 0.216. The Bertz CT molecular complexity index is 308. The SMILES string of the molecule is CC1(C)CCCCC1Nc1ccncn1. The first-order valence-electron chi connectivity index (χ1n) is 5.71. The molecule has 82 valence electrons. The molecule has 1 heterocycles. The zero-order valence-corrected chi connectivity index (χ0v) is 9.53. The van der Waals surface area contributed by atoms with Crippen molar-refractivity contribution in [3.8, 4) is 0 Å². The fourth-order valence-corrected chi connectivity index (χ4v) is 2.32. The zero-order valence-electron chi connectivity index (χ0n) is 9.53. The van der Waals surface area contributed by atoms with Crippen LogP contribution in [0.3, 0.4) is 0 Å². The fourth-order valence-electron chi connectivity index (χ4n) is 2.32. The Hall–Kier alpha value is -1.12. The summed E-state index contributed by atoms with van der Waals surface area (Å²) >= 11 is 0. The van der Waals surface area contributed by atoms with Crippen molar-refractivity contribution in [1.82, 2.24) is 9.97 Å². The molecule has 0 spiro atoms. The Labute approximate surface area is 91.3 Å². The molecule has 0 aromatic carbocycles. The largest absolute Gasteiger partial charge is 0.367 e. The molecule has 1 saturated carbocycles. The third-order valence-electron chi connectivity index (χ3n) is 3.41. The first kappa shape index (κ1) is 10.4. The Morgan fingerprint density at radius 2 is 2.27 bits per heavy atom. The first-order valence-corrected chi connectivity index (χ1v) is 5.71. The van der Waals surface area contributed by atoms with E-state index >= 15 is 0 Å². The van der Waals surface area contributed by atoms with Crippen LogP contribution in [-0.4, -0.2) is 16.0 Å². The molecule has 0 saturated heterocycles. The highest BCUT2D eigenvalue weighted by atomic mass is 15.0. The number of hydrogen-bond acceptors (Lipinski definition) is 3. The lowest BCUT2D eigenvalue weighted by Gasteiger charge is -2.39. The van der Waals surface area contributed by atoms with Crippen LogP contribution in [0, 0.1) is 5.41 Å². The Balaban J connectivity index is 2.05. The normalized spacial score (nSPS) is 24.8. The Morgan fingerprint density at radius 3 is 2.93 bits per heavy atom. The van der Waals surface area contributed by atoms with E-state index in [-0.39, 0.29) is 0 Å². The molecule has 3 nitrogen and oxygen atoms in total. The van der Waals surface area contributed by atoms with Gasteiger partial charge in [-0.2, -0.15) is 0 Å². The number of aromatic nitrogens is 2. The predicted molar refractivity (Wildman–Crippen MR) is 61.7 cm³/mol. The van der Waals surface area contributed by atoms with Crippen LogP contribution >= 0.6 is 0 Å². The summed E-state index contributed by atoms with van der Waals surface area (Å²) in [6.07, 6.45) is 8.61. The predicted octanol–water partition coefficient (Wildman–Crippen LogP) is 2.86. The van der Waals surface area contributed by atoms with E-state index < -0.39 is 0 Å². The van der Waals surface area contributed by atoms with Crippen molar-refractivity contribution >= 4 is 5.82 Å². The van der Waals surface area contributed by atoms with Crippen LogP contribution < -0.4 is 5.32 Å². The van der Waals surface area contributed by atoms with Crippen LogP contribution in [0.25, 0.3) is 0 Å². The molecule has 0 aliphatic heterocycles. The molecule has 1 fully saturated rings. The lowest BCUT2D eigenvalue weighted by Crippen LogP contribution is -2.39. The van der Waals surface area contributed by atoms with Gasteiger partial charge in [0.1, 0.15) is 12.1 Å². The number of rotatable bonds is 2. The Kier molecular flexibility index (Phi) is 2.89. The van der Waals surface area contributed by atoms with Crippen LogP contribution in [0.15, 0.2) is 18.6 Å². The van der Waals surface area contributed by atoms with Gasteiger partial charge in [-0.3, -0.25) is 0 Å². The Morgan fingerprint density at radius 1 is 1.40 bits per heavy atom. The maximum atomic E-state index is 4.22. The topological polar surface area (TPSA) is 37.8 Å². The summed E-state index contributed by atoms with van der Waals surface area (Å²) in [5.41, 5.74) is 0.378. The van der Waals surface area contributed by atoms with Crippen LogP contribution in [0.2, 0.25) is 0 Å². The number of hydrogen-bond donors (Lipinski definition) is 1. The highest BCUT2D eigenvalue weighted by Crippen LogP contribution is 2.36. The van der Waals surface area contributed by atoms with Gasteiger partial charge in [-0.05, 0) is 24.3 Å². The number of anilines is 1. The van der Waals surface area contributed by atoms with Crippen molar-refractivity contribution in [1.29, 1.82) is 0 Å². The maximum Gasteiger partial charge on any atom is 0.129 e.